The molecule has 2 saturated heterocycles. The van der Waals surface area contributed by atoms with Gasteiger partial charge in [0.25, 0.3) is 0 Å². The number of ether oxygens (including phenoxy) is 1. The minimum absolute atomic E-state index is 0.391. The molecule has 1 aromatic heterocycles. The van der Waals surface area contributed by atoms with Gasteiger partial charge < -0.3 is 19.1 Å². The van der Waals surface area contributed by atoms with Crippen molar-refractivity contribution < 1.29 is 4.74 Å². The van der Waals surface area contributed by atoms with Gasteiger partial charge in [0.05, 0.1) is 16.7 Å². The number of nitrogens with zero attached hydrogens (tertiary/aromatic N) is 3. The Morgan fingerprint density at radius 2 is 1.66 bits per heavy atom. The van der Waals surface area contributed by atoms with E-state index in [1.54, 1.807) is 0 Å². The zero-order chi connectivity index (χ0) is 22.0. The number of epoxide rings is 1. The van der Waals surface area contributed by atoms with Gasteiger partial charge in [-0.15, -0.1) is 0 Å². The minimum atomic E-state index is -0.391. The number of para-hydroxylation sites is 2. The average molecular weight is 440 g/mol. The summed E-state index contributed by atoms with van der Waals surface area (Å²) in [4.78, 5) is 4.32. The summed E-state index contributed by atoms with van der Waals surface area (Å²) in [5, 5.41) is 3.35. The normalized spacial score (nSPS) is 21.9. The molecule has 4 nitrogen and oxygen atoms in total. The first-order valence-electron chi connectivity index (χ1n) is 11.1. The maximum atomic E-state index is 6.01. The van der Waals surface area contributed by atoms with Crippen molar-refractivity contribution in [3.63, 3.8) is 0 Å². The van der Waals surface area contributed by atoms with Crippen LogP contribution in [0, 0.1) is 0 Å². The predicted molar refractivity (Wildman–Crippen MR) is 135 cm³/mol. The molecule has 1 spiro atoms. The Bertz CT molecular complexity index is 1420. The van der Waals surface area contributed by atoms with Crippen molar-refractivity contribution in [2.24, 2.45) is 0 Å². The lowest BCUT2D eigenvalue weighted by Crippen LogP contribution is -2.36. The van der Waals surface area contributed by atoms with Crippen LogP contribution in [-0.4, -0.2) is 45.4 Å². The summed E-state index contributed by atoms with van der Waals surface area (Å²) in [5.74, 6) is 0. The van der Waals surface area contributed by atoms with E-state index in [0.717, 1.165) is 17.4 Å². The van der Waals surface area contributed by atoms with E-state index < -0.39 is 5.72 Å². The number of fused-ring (bicyclic) bond motifs is 3. The summed E-state index contributed by atoms with van der Waals surface area (Å²) in [6, 6.07) is 26.0. The largest absolute Gasteiger partial charge is 0.342 e. The van der Waals surface area contributed by atoms with E-state index in [1.807, 2.05) is 0 Å². The second kappa shape index (κ2) is 6.92. The lowest BCUT2D eigenvalue weighted by Gasteiger charge is -2.20. The van der Waals surface area contributed by atoms with Crippen molar-refractivity contribution in [2.45, 2.75) is 19.6 Å². The van der Waals surface area contributed by atoms with Crippen LogP contribution >= 0.6 is 12.2 Å². The third kappa shape index (κ3) is 2.55. The molecule has 2 aliphatic heterocycles. The Hall–Kier alpha value is -3.15. The van der Waals surface area contributed by atoms with Gasteiger partial charge in [0.1, 0.15) is 6.61 Å². The van der Waals surface area contributed by atoms with Crippen molar-refractivity contribution in [3.05, 3.63) is 84.1 Å². The summed E-state index contributed by atoms with van der Waals surface area (Å²) in [7, 11) is 2.06. The maximum absolute atomic E-state index is 6.01. The summed E-state index contributed by atoms with van der Waals surface area (Å²) >= 11 is 5.73. The van der Waals surface area contributed by atoms with Crippen molar-refractivity contribution in [2.75, 3.05) is 20.2 Å². The SMILES string of the molecule is CCN1C(=S)N(C)/C(=C(\C)c2ccc3c(c2)c2ccccc2n3-c2ccccc2)C12CO2. The van der Waals surface area contributed by atoms with Gasteiger partial charge >= 0.3 is 0 Å². The third-order valence-electron chi connectivity index (χ3n) is 6.87. The molecule has 6 rings (SSSR count). The Balaban J connectivity index is 1.58. The standard InChI is InChI=1S/C27H25N3OS/c1-4-29-26(32)28(3)25(27(29)17-31-27)18(2)19-14-15-24-22(16-19)21-12-8-9-13-23(21)30(24)20-10-6-5-7-11-20/h5-16H,4,17H2,1-3H3/b25-18+. The van der Waals surface area contributed by atoms with Crippen LogP contribution in [0.2, 0.25) is 0 Å². The van der Waals surface area contributed by atoms with E-state index in [0.29, 0.717) is 6.61 Å². The molecule has 2 fully saturated rings. The van der Waals surface area contributed by atoms with Gasteiger partial charge in [-0.05, 0) is 67.5 Å². The molecule has 0 radical (unpaired) electrons. The molecule has 0 aliphatic carbocycles. The molecule has 3 heterocycles. The van der Waals surface area contributed by atoms with Crippen molar-refractivity contribution >= 4 is 44.7 Å². The van der Waals surface area contributed by atoms with E-state index in [1.165, 1.54) is 38.6 Å². The fourth-order valence-electron chi connectivity index (χ4n) is 5.32. The molecule has 0 amide bonds. The first kappa shape index (κ1) is 19.5. The Kier molecular flexibility index (Phi) is 4.23. The van der Waals surface area contributed by atoms with E-state index >= 15 is 0 Å². The van der Waals surface area contributed by atoms with Gasteiger partial charge in [0.15, 0.2) is 5.11 Å². The highest BCUT2D eigenvalue weighted by atomic mass is 32.1. The molecule has 1 atom stereocenters. The Morgan fingerprint density at radius 1 is 0.969 bits per heavy atom. The van der Waals surface area contributed by atoms with Crippen LogP contribution < -0.4 is 0 Å². The van der Waals surface area contributed by atoms with Crippen molar-refractivity contribution in [3.8, 4) is 5.69 Å². The quantitative estimate of drug-likeness (QED) is 0.298. The number of hydrogen-bond acceptors (Lipinski definition) is 2. The molecule has 2 aliphatic rings. The second-order valence-corrected chi connectivity index (χ2v) is 8.92. The minimum Gasteiger partial charge on any atom is -0.342 e. The molecule has 160 valence electrons. The van der Waals surface area contributed by atoms with Crippen LogP contribution in [0.15, 0.2) is 78.5 Å². The molecule has 0 bridgehead atoms. The fourth-order valence-corrected chi connectivity index (χ4v) is 5.68. The van der Waals surface area contributed by atoms with Crippen molar-refractivity contribution in [1.29, 1.82) is 0 Å². The highest BCUT2D eigenvalue weighted by Crippen LogP contribution is 2.49. The fraction of sp³-hybridized carbons (Fsp3) is 0.222. The van der Waals surface area contributed by atoms with Crippen LogP contribution in [0.4, 0.5) is 0 Å². The van der Waals surface area contributed by atoms with E-state index in [2.05, 4.69) is 108 Å². The maximum Gasteiger partial charge on any atom is 0.208 e. The number of benzene rings is 3. The Morgan fingerprint density at radius 3 is 2.38 bits per heavy atom. The van der Waals surface area contributed by atoms with E-state index in [4.69, 9.17) is 17.0 Å². The molecule has 32 heavy (non-hydrogen) atoms. The highest BCUT2D eigenvalue weighted by Gasteiger charge is 2.61. The predicted octanol–water partition coefficient (Wildman–Crippen LogP) is 5.79. The monoisotopic (exact) mass is 439 g/mol. The smallest absolute Gasteiger partial charge is 0.208 e. The van der Waals surface area contributed by atoms with E-state index in [9.17, 15) is 0 Å². The lowest BCUT2D eigenvalue weighted by atomic mass is 9.99. The summed E-state index contributed by atoms with van der Waals surface area (Å²) in [6.07, 6.45) is 0. The van der Waals surface area contributed by atoms with Crippen LogP contribution in [0.3, 0.4) is 0 Å². The van der Waals surface area contributed by atoms with Crippen LogP contribution in [0.5, 0.6) is 0 Å². The number of hydrogen-bond donors (Lipinski definition) is 0. The lowest BCUT2D eigenvalue weighted by molar-refractivity contribution is 0.204. The van der Waals surface area contributed by atoms with Crippen LogP contribution in [-0.2, 0) is 4.74 Å². The zero-order valence-electron chi connectivity index (χ0n) is 18.5. The molecular weight excluding hydrogens is 414 g/mol. The van der Waals surface area contributed by atoms with E-state index in [-0.39, 0.29) is 0 Å². The number of likely N-dealkylation sites (N-methyl/N-ethyl adjacent to an activating group) is 2. The third-order valence-corrected chi connectivity index (χ3v) is 7.36. The average Bonchev–Trinajstić information content (AvgIpc) is 3.49. The molecule has 3 aromatic carbocycles. The molecular formula is C27H25N3OS. The molecule has 5 heteroatoms. The van der Waals surface area contributed by atoms with Crippen LogP contribution in [0.25, 0.3) is 33.1 Å². The first-order valence-corrected chi connectivity index (χ1v) is 11.5. The molecule has 4 aromatic rings. The summed E-state index contributed by atoms with van der Waals surface area (Å²) in [6.45, 7) is 5.85. The van der Waals surface area contributed by atoms with Crippen molar-refractivity contribution in [1.82, 2.24) is 14.4 Å². The van der Waals surface area contributed by atoms with Gasteiger partial charge in [-0.3, -0.25) is 0 Å². The molecule has 0 saturated carbocycles. The first-order chi connectivity index (χ1) is 15.6. The Labute approximate surface area is 193 Å². The highest BCUT2D eigenvalue weighted by molar-refractivity contribution is 7.80. The van der Waals surface area contributed by atoms with Gasteiger partial charge in [0, 0.05) is 30.1 Å². The summed E-state index contributed by atoms with van der Waals surface area (Å²) < 4.78 is 8.36. The van der Waals surface area contributed by atoms with Gasteiger partial charge in [0.2, 0.25) is 5.72 Å². The van der Waals surface area contributed by atoms with Gasteiger partial charge in [-0.25, -0.2) is 0 Å². The number of thiocarbonyl (C=S) groups is 1. The van der Waals surface area contributed by atoms with Gasteiger partial charge in [-0.2, -0.15) is 0 Å². The summed E-state index contributed by atoms with van der Waals surface area (Å²) in [5.41, 5.74) is 6.78. The van der Waals surface area contributed by atoms with Crippen LogP contribution in [0.1, 0.15) is 19.4 Å². The number of allylic oxidation sites excluding steroid dienone is 1. The molecule has 0 N–H and O–H groups in total. The number of rotatable bonds is 3. The second-order valence-electron chi connectivity index (χ2n) is 8.55. The van der Waals surface area contributed by atoms with Gasteiger partial charge in [-0.1, -0.05) is 42.5 Å². The zero-order valence-corrected chi connectivity index (χ0v) is 19.3. The number of aromatic nitrogens is 1. The topological polar surface area (TPSA) is 23.9 Å². The molecule has 1 unspecified atom stereocenters.